The molecule has 1 atom stereocenters. The smallest absolute Gasteiger partial charge is 0.216 e. The van der Waals surface area contributed by atoms with Gasteiger partial charge in [-0.2, -0.15) is 0 Å². The van der Waals surface area contributed by atoms with Crippen molar-refractivity contribution in [3.05, 3.63) is 52.3 Å². The van der Waals surface area contributed by atoms with E-state index in [-0.39, 0.29) is 10.6 Å². The quantitative estimate of drug-likeness (QED) is 0.767. The van der Waals surface area contributed by atoms with Gasteiger partial charge in [-0.3, -0.25) is 14.5 Å². The Hall–Kier alpha value is -2.44. The number of fused-ring (bicyclic) bond motifs is 1. The molecule has 2 heterocycles. The number of nitrogens with zero attached hydrogens (tertiary/aromatic N) is 4. The first-order chi connectivity index (χ1) is 12.0. The fraction of sp³-hybridized carbons (Fsp3) is 0.176. The van der Waals surface area contributed by atoms with Crippen LogP contribution in [0.25, 0.3) is 5.03 Å². The Kier molecular flexibility index (Phi) is 4.74. The maximum atomic E-state index is 11.9. The molecule has 1 aliphatic heterocycles. The van der Waals surface area contributed by atoms with E-state index < -0.39 is 6.04 Å². The summed E-state index contributed by atoms with van der Waals surface area (Å²) in [5, 5.41) is 0.782. The minimum atomic E-state index is -0.683. The fourth-order valence-corrected chi connectivity index (χ4v) is 3.29. The third kappa shape index (κ3) is 2.88. The van der Waals surface area contributed by atoms with Gasteiger partial charge in [-0.1, -0.05) is 35.3 Å². The molecule has 0 spiro atoms. The van der Waals surface area contributed by atoms with Crippen LogP contribution >= 0.6 is 23.2 Å². The molecule has 25 heavy (non-hydrogen) atoms. The van der Waals surface area contributed by atoms with E-state index in [0.717, 1.165) is 0 Å². The number of aldehydes is 1. The molecule has 0 aliphatic carbocycles. The molecule has 1 aromatic carbocycles. The first kappa shape index (κ1) is 17.4. The lowest BCUT2D eigenvalue weighted by Gasteiger charge is -2.35. The zero-order chi connectivity index (χ0) is 18.1. The number of rotatable bonds is 4. The van der Waals surface area contributed by atoms with Crippen LogP contribution < -0.4 is 9.80 Å². The van der Waals surface area contributed by atoms with E-state index >= 15 is 0 Å². The van der Waals surface area contributed by atoms with E-state index in [1.165, 1.54) is 11.2 Å². The topological polar surface area (TPSA) is 66.4 Å². The predicted octanol–water partition coefficient (Wildman–Crippen LogP) is 3.06. The summed E-state index contributed by atoms with van der Waals surface area (Å²) in [4.78, 5) is 35.2. The van der Waals surface area contributed by atoms with Crippen molar-refractivity contribution in [1.29, 1.82) is 0 Å². The minimum Gasteiger partial charge on any atom is -0.362 e. The van der Waals surface area contributed by atoms with Crippen molar-refractivity contribution in [2.75, 3.05) is 23.9 Å². The standard InChI is InChI=1S/C17H14Cl2N4O2/c1-22(2)16-13-14(19)12(7-24)15(10-3-5-11(18)6-4-10)23(9-25)17(13)21-8-20-16/h3-9,15H,1-2H3. The third-order valence-corrected chi connectivity index (χ3v) is 4.61. The van der Waals surface area contributed by atoms with E-state index in [9.17, 15) is 9.59 Å². The zero-order valence-corrected chi connectivity index (χ0v) is 15.0. The summed E-state index contributed by atoms with van der Waals surface area (Å²) < 4.78 is 0. The molecule has 0 radical (unpaired) electrons. The Morgan fingerprint density at radius 1 is 1.12 bits per heavy atom. The second-order valence-corrected chi connectivity index (χ2v) is 6.46. The van der Waals surface area contributed by atoms with Crippen molar-refractivity contribution in [3.63, 3.8) is 0 Å². The summed E-state index contributed by atoms with van der Waals surface area (Å²) in [6, 6.07) is 6.19. The number of carbonyl (C=O) groups is 2. The lowest BCUT2D eigenvalue weighted by Crippen LogP contribution is -2.34. The molecule has 1 aliphatic rings. The Bertz CT molecular complexity index is 865. The van der Waals surface area contributed by atoms with Crippen LogP contribution in [0.5, 0.6) is 0 Å². The van der Waals surface area contributed by atoms with Gasteiger partial charge in [-0.25, -0.2) is 9.97 Å². The molecule has 1 aromatic heterocycles. The summed E-state index contributed by atoms with van der Waals surface area (Å²) >= 11 is 12.5. The van der Waals surface area contributed by atoms with E-state index in [4.69, 9.17) is 23.2 Å². The largest absolute Gasteiger partial charge is 0.362 e. The van der Waals surface area contributed by atoms with Gasteiger partial charge in [0.2, 0.25) is 6.41 Å². The predicted molar refractivity (Wildman–Crippen MR) is 97.9 cm³/mol. The average molecular weight is 377 g/mol. The molecule has 2 aromatic rings. The summed E-state index contributed by atoms with van der Waals surface area (Å²) in [5.74, 6) is 0.875. The number of hydrogen-bond acceptors (Lipinski definition) is 5. The molecule has 3 rings (SSSR count). The molecule has 6 nitrogen and oxygen atoms in total. The van der Waals surface area contributed by atoms with Crippen molar-refractivity contribution < 1.29 is 9.59 Å². The van der Waals surface area contributed by atoms with Crippen LogP contribution in [0.4, 0.5) is 11.6 Å². The highest BCUT2D eigenvalue weighted by Gasteiger charge is 2.36. The maximum absolute atomic E-state index is 11.9. The molecule has 0 fully saturated rings. The van der Waals surface area contributed by atoms with E-state index in [0.29, 0.717) is 40.5 Å². The highest BCUT2D eigenvalue weighted by molar-refractivity contribution is 6.52. The van der Waals surface area contributed by atoms with E-state index in [1.54, 1.807) is 43.3 Å². The SMILES string of the molecule is CN(C)c1ncnc2c1C(Cl)=C(C=O)C(c1ccc(Cl)cc1)N2C=O. The number of amides is 1. The average Bonchev–Trinajstić information content (AvgIpc) is 2.61. The highest BCUT2D eigenvalue weighted by atomic mass is 35.5. The lowest BCUT2D eigenvalue weighted by molar-refractivity contribution is -0.108. The summed E-state index contributed by atoms with van der Waals surface area (Å²) in [7, 11) is 3.59. The first-order valence-electron chi connectivity index (χ1n) is 7.36. The van der Waals surface area contributed by atoms with Gasteiger partial charge in [0.1, 0.15) is 24.2 Å². The van der Waals surface area contributed by atoms with Crippen molar-refractivity contribution in [3.8, 4) is 0 Å². The molecule has 0 saturated carbocycles. The van der Waals surface area contributed by atoms with Crippen LogP contribution in [0.3, 0.4) is 0 Å². The van der Waals surface area contributed by atoms with Gasteiger partial charge < -0.3 is 4.90 Å². The molecule has 1 unspecified atom stereocenters. The number of benzene rings is 1. The van der Waals surface area contributed by atoms with E-state index in [1.807, 2.05) is 0 Å². The lowest BCUT2D eigenvalue weighted by atomic mass is 9.92. The van der Waals surface area contributed by atoms with Gasteiger partial charge >= 0.3 is 0 Å². The molecule has 0 N–H and O–H groups in total. The van der Waals surface area contributed by atoms with Gasteiger partial charge in [-0.15, -0.1) is 0 Å². The molecule has 1 amide bonds. The monoisotopic (exact) mass is 376 g/mol. The van der Waals surface area contributed by atoms with Crippen molar-refractivity contribution in [2.24, 2.45) is 0 Å². The van der Waals surface area contributed by atoms with Gasteiger partial charge in [0, 0.05) is 24.7 Å². The number of halogens is 2. The summed E-state index contributed by atoms with van der Waals surface area (Å²) in [6.07, 6.45) is 2.66. The van der Waals surface area contributed by atoms with Gasteiger partial charge in [0.25, 0.3) is 0 Å². The Labute approximate surface area is 154 Å². The maximum Gasteiger partial charge on any atom is 0.216 e. The number of anilines is 2. The molecule has 0 saturated heterocycles. The normalized spacial score (nSPS) is 16.5. The highest BCUT2D eigenvalue weighted by Crippen LogP contribution is 2.46. The summed E-state index contributed by atoms with van der Waals surface area (Å²) in [5.41, 5.74) is 1.42. The van der Waals surface area contributed by atoms with Gasteiger partial charge in [0.05, 0.1) is 16.6 Å². The number of hydrogen-bond donors (Lipinski definition) is 0. The number of carbonyl (C=O) groups excluding carboxylic acids is 2. The molecule has 128 valence electrons. The van der Waals surface area contributed by atoms with Crippen LogP contribution in [0.1, 0.15) is 17.2 Å². The van der Waals surface area contributed by atoms with Gasteiger partial charge in [-0.05, 0) is 17.7 Å². The van der Waals surface area contributed by atoms with Crippen molar-refractivity contribution in [1.82, 2.24) is 9.97 Å². The fourth-order valence-electron chi connectivity index (χ4n) is 2.85. The Morgan fingerprint density at radius 2 is 1.80 bits per heavy atom. The van der Waals surface area contributed by atoms with Crippen LogP contribution in [0.15, 0.2) is 36.2 Å². The Balaban J connectivity index is 2.29. The second-order valence-electron chi connectivity index (χ2n) is 5.64. The molecule has 0 bridgehead atoms. The number of aromatic nitrogens is 2. The second kappa shape index (κ2) is 6.82. The van der Waals surface area contributed by atoms with Crippen LogP contribution in [0, 0.1) is 0 Å². The van der Waals surface area contributed by atoms with Crippen LogP contribution in [-0.4, -0.2) is 36.8 Å². The van der Waals surface area contributed by atoms with Crippen LogP contribution in [-0.2, 0) is 9.59 Å². The minimum absolute atomic E-state index is 0.229. The third-order valence-electron chi connectivity index (χ3n) is 3.95. The van der Waals surface area contributed by atoms with Gasteiger partial charge in [0.15, 0.2) is 0 Å². The van der Waals surface area contributed by atoms with Crippen molar-refractivity contribution in [2.45, 2.75) is 6.04 Å². The Morgan fingerprint density at radius 3 is 2.36 bits per heavy atom. The molecule has 8 heteroatoms. The van der Waals surface area contributed by atoms with Crippen molar-refractivity contribution >= 4 is 52.6 Å². The zero-order valence-electron chi connectivity index (χ0n) is 13.5. The summed E-state index contributed by atoms with van der Waals surface area (Å²) in [6.45, 7) is 0. The molecular weight excluding hydrogens is 363 g/mol. The van der Waals surface area contributed by atoms with Crippen LogP contribution in [0.2, 0.25) is 5.02 Å². The first-order valence-corrected chi connectivity index (χ1v) is 8.11. The van der Waals surface area contributed by atoms with E-state index in [2.05, 4.69) is 9.97 Å². The molecular formula is C17H14Cl2N4O2.